The van der Waals surface area contributed by atoms with Crippen molar-refractivity contribution in [1.82, 2.24) is 0 Å². The summed E-state index contributed by atoms with van der Waals surface area (Å²) in [6.45, 7) is 31.7. The van der Waals surface area contributed by atoms with Crippen molar-refractivity contribution in [1.29, 1.82) is 0 Å². The molecule has 422 valence electrons. The van der Waals surface area contributed by atoms with Crippen LogP contribution in [-0.2, 0) is 0 Å². The van der Waals surface area contributed by atoms with Gasteiger partial charge >= 0.3 is 0 Å². The van der Waals surface area contributed by atoms with Crippen molar-refractivity contribution in [3.63, 3.8) is 0 Å². The molecule has 1 aromatic rings. The molecule has 0 N–H and O–H groups in total. The van der Waals surface area contributed by atoms with E-state index in [9.17, 15) is 9.59 Å². The third-order valence-electron chi connectivity index (χ3n) is 15.1. The smallest absolute Gasteiger partial charge is 0.190 e. The number of benzene rings is 1. The van der Waals surface area contributed by atoms with Gasteiger partial charge < -0.3 is 0 Å². The van der Waals surface area contributed by atoms with Gasteiger partial charge in [0.25, 0.3) is 0 Å². The van der Waals surface area contributed by atoms with Crippen LogP contribution in [0.15, 0.2) is 187 Å². The van der Waals surface area contributed by atoms with Crippen LogP contribution in [0.4, 0.5) is 0 Å². The first kappa shape index (κ1) is 68.0. The zero-order valence-electron chi connectivity index (χ0n) is 51.9. The fourth-order valence-electron chi connectivity index (χ4n) is 9.63. The third kappa shape index (κ3) is 34.4. The summed E-state index contributed by atoms with van der Waals surface area (Å²) in [6.07, 6.45) is 60.6. The van der Waals surface area contributed by atoms with Crippen LogP contribution in [0.25, 0.3) is 0 Å². The van der Waals surface area contributed by atoms with Gasteiger partial charge in [-0.1, -0.05) is 176 Å². The van der Waals surface area contributed by atoms with E-state index in [0.29, 0.717) is 23.1 Å². The predicted octanol–water partition coefficient (Wildman–Crippen LogP) is 24.1. The number of ketones is 2. The van der Waals surface area contributed by atoms with Crippen LogP contribution in [0, 0.1) is 0 Å². The van der Waals surface area contributed by atoms with Crippen LogP contribution in [0.2, 0.25) is 0 Å². The van der Waals surface area contributed by atoms with Crippen LogP contribution in [0.1, 0.15) is 278 Å². The monoisotopic (exact) mass is 1040 g/mol. The van der Waals surface area contributed by atoms with Crippen molar-refractivity contribution in [3.8, 4) is 0 Å². The minimum absolute atomic E-state index is 0.0253. The lowest BCUT2D eigenvalue weighted by Gasteiger charge is -2.14. The van der Waals surface area contributed by atoms with E-state index in [4.69, 9.17) is 0 Å². The van der Waals surface area contributed by atoms with E-state index >= 15 is 0 Å². The van der Waals surface area contributed by atoms with Crippen LogP contribution in [0.3, 0.4) is 0 Å². The van der Waals surface area contributed by atoms with Gasteiger partial charge in [0.15, 0.2) is 11.6 Å². The number of allylic oxidation sites excluding steroid dienone is 28. The Kier molecular flexibility index (Phi) is 36.3. The van der Waals surface area contributed by atoms with Gasteiger partial charge in [0.05, 0.1) is 0 Å². The number of hydrogen-bond donors (Lipinski definition) is 0. The molecule has 1 aromatic carbocycles. The maximum atomic E-state index is 12.9. The average Bonchev–Trinajstić information content (AvgIpc) is 3.37. The molecule has 0 atom stereocenters. The van der Waals surface area contributed by atoms with Crippen LogP contribution >= 0.6 is 0 Å². The van der Waals surface area contributed by atoms with Crippen molar-refractivity contribution in [2.75, 3.05) is 0 Å². The van der Waals surface area contributed by atoms with Crippen LogP contribution < -0.4 is 0 Å². The van der Waals surface area contributed by atoms with Crippen LogP contribution in [0.5, 0.6) is 0 Å². The molecular formula is C75H110O2. The Morgan fingerprint density at radius 1 is 0.286 bits per heavy atom. The molecule has 0 amide bonds. The molecule has 0 saturated carbocycles. The van der Waals surface area contributed by atoms with Crippen molar-refractivity contribution < 1.29 is 9.59 Å². The first-order chi connectivity index (χ1) is 36.8. The number of carbonyl (C=O) groups is 2. The van der Waals surface area contributed by atoms with Gasteiger partial charge in [0.2, 0.25) is 0 Å². The van der Waals surface area contributed by atoms with Crippen molar-refractivity contribution >= 4 is 11.6 Å². The summed E-state index contributed by atoms with van der Waals surface area (Å²) < 4.78 is 0. The largest absolute Gasteiger partial charge is 0.289 e. The lowest BCUT2D eigenvalue weighted by atomic mass is 9.88. The second kappa shape index (κ2) is 41.0. The molecule has 0 saturated heterocycles. The highest BCUT2D eigenvalue weighted by Crippen LogP contribution is 2.25. The van der Waals surface area contributed by atoms with Gasteiger partial charge in [-0.2, -0.15) is 0 Å². The molecule has 0 radical (unpaired) electrons. The van der Waals surface area contributed by atoms with Gasteiger partial charge in [-0.25, -0.2) is 0 Å². The molecule has 1 aliphatic rings. The normalized spacial score (nSPS) is 15.4. The molecule has 0 spiro atoms. The number of Topliss-reactive ketones (excluding diaryl/α,β-unsaturated/α-hetero) is 1. The highest BCUT2D eigenvalue weighted by molar-refractivity contribution is 6.24. The van der Waals surface area contributed by atoms with Gasteiger partial charge in [-0.3, -0.25) is 9.59 Å². The average molecular weight is 1040 g/mol. The lowest BCUT2D eigenvalue weighted by molar-refractivity contribution is 0.0983. The van der Waals surface area contributed by atoms with Crippen molar-refractivity contribution in [3.05, 3.63) is 198 Å². The molecule has 0 heterocycles. The molecule has 0 aromatic heterocycles. The minimum atomic E-state index is -0.0698. The van der Waals surface area contributed by atoms with Crippen molar-refractivity contribution in [2.24, 2.45) is 0 Å². The number of fused-ring (bicyclic) bond motifs is 1. The molecule has 2 nitrogen and oxygen atoms in total. The van der Waals surface area contributed by atoms with E-state index in [1.807, 2.05) is 12.1 Å². The van der Waals surface area contributed by atoms with Gasteiger partial charge in [0.1, 0.15) is 0 Å². The summed E-state index contributed by atoms with van der Waals surface area (Å²) in [5.41, 5.74) is 20.9. The highest BCUT2D eigenvalue weighted by Gasteiger charge is 2.24. The topological polar surface area (TPSA) is 34.1 Å². The van der Waals surface area contributed by atoms with E-state index in [1.165, 1.54) is 117 Å². The fraction of sp³-hybridized carbons (Fsp3) is 0.520. The predicted molar refractivity (Wildman–Crippen MR) is 343 cm³/mol. The quantitative estimate of drug-likeness (QED) is 0.0619. The van der Waals surface area contributed by atoms with E-state index in [1.54, 1.807) is 12.1 Å². The highest BCUT2D eigenvalue weighted by atomic mass is 16.1. The fourth-order valence-corrected chi connectivity index (χ4v) is 9.63. The Bertz CT molecular complexity index is 2430. The maximum Gasteiger partial charge on any atom is 0.190 e. The Labute approximate surface area is 474 Å². The van der Waals surface area contributed by atoms with Gasteiger partial charge in [-0.15, -0.1) is 0 Å². The summed E-state index contributed by atoms with van der Waals surface area (Å²) in [5.74, 6) is -0.0951. The zero-order chi connectivity index (χ0) is 56.8. The summed E-state index contributed by atoms with van der Waals surface area (Å²) in [4.78, 5) is 25.3. The van der Waals surface area contributed by atoms with Crippen LogP contribution in [-0.4, -0.2) is 11.6 Å². The van der Waals surface area contributed by atoms with Crippen molar-refractivity contribution in [2.45, 2.75) is 257 Å². The number of rotatable bonds is 38. The molecule has 0 aliphatic heterocycles. The van der Waals surface area contributed by atoms with E-state index < -0.39 is 0 Å². The Morgan fingerprint density at radius 3 is 0.727 bits per heavy atom. The minimum Gasteiger partial charge on any atom is -0.289 e. The molecule has 2 rings (SSSR count). The zero-order valence-corrected chi connectivity index (χ0v) is 51.9. The summed E-state index contributed by atoms with van der Waals surface area (Å²) in [6, 6.07) is 7.12. The Hall–Kier alpha value is -5.08. The summed E-state index contributed by atoms with van der Waals surface area (Å²) in [7, 11) is 0. The molecule has 0 bridgehead atoms. The first-order valence-electron chi connectivity index (χ1n) is 30.2. The third-order valence-corrected chi connectivity index (χ3v) is 15.1. The van der Waals surface area contributed by atoms with E-state index in [-0.39, 0.29) is 11.6 Å². The summed E-state index contributed by atoms with van der Waals surface area (Å²) in [5, 5.41) is 0. The summed E-state index contributed by atoms with van der Waals surface area (Å²) >= 11 is 0. The number of hydrogen-bond acceptors (Lipinski definition) is 2. The second-order valence-corrected chi connectivity index (χ2v) is 23.5. The Balaban J connectivity index is 1.54. The lowest BCUT2D eigenvalue weighted by Crippen LogP contribution is -2.16. The second-order valence-electron chi connectivity index (χ2n) is 23.5. The van der Waals surface area contributed by atoms with Gasteiger partial charge in [-0.05, 0) is 264 Å². The molecule has 0 unspecified atom stereocenters. The molecule has 77 heavy (non-hydrogen) atoms. The maximum absolute atomic E-state index is 12.9. The molecule has 2 heteroatoms. The molecular weight excluding hydrogens is 933 g/mol. The molecule has 0 fully saturated rings. The van der Waals surface area contributed by atoms with E-state index in [0.717, 1.165) is 116 Å². The SMILES string of the molecule is CC(C)=CCC/C(C)=C/CC/C(C)=C/CC/C(C)=C/CC/C(C)=C/CC/C(C)=C/CC/C(C)=C/CC/C(C)=C/CC/C(C)=C/CC/C(C)=C/CC/C(C)=C/CC/C(C)=C/CC/C(C)=C/CC1=CC(=O)c2ccccc2C1=O. The number of carbonyl (C=O) groups excluding carboxylic acids is 2. The van der Waals surface area contributed by atoms with E-state index in [2.05, 4.69) is 176 Å². The van der Waals surface area contributed by atoms with Gasteiger partial charge in [0, 0.05) is 16.7 Å². The Morgan fingerprint density at radius 2 is 0.494 bits per heavy atom. The molecule has 1 aliphatic carbocycles. The standard InChI is InChI=1S/C75H110O2/c1-58(2)29-17-30-59(3)31-18-32-60(4)33-19-34-61(5)35-20-36-62(6)37-21-38-63(7)39-22-40-64(8)41-23-42-65(9)43-24-44-66(10)45-25-46-67(11)47-26-48-68(12)49-27-50-69(13)51-28-52-70(14)55-56-71-57-74(76)72-53-15-16-54-73(72)75(71)77/h15-16,29,31,33,35,37,39,41,43,45,47,49,51,53-55,57H,17-28,30,32,34,36,38,40,42,44,46,48,50,52,56H2,1-14H3/b59-31+,60-33+,61-35+,62-37+,63-39+,64-41+,65-43+,66-45+,67-47+,68-49+,69-51+,70-55+. The first-order valence-corrected chi connectivity index (χ1v) is 30.2.